The van der Waals surface area contributed by atoms with Gasteiger partial charge in [0, 0.05) is 31.6 Å². The quantitative estimate of drug-likeness (QED) is 0.806. The van der Waals surface area contributed by atoms with Crippen LogP contribution in [0.15, 0.2) is 23.6 Å². The highest BCUT2D eigenvalue weighted by molar-refractivity contribution is 7.09. The van der Waals surface area contributed by atoms with E-state index >= 15 is 0 Å². The Labute approximate surface area is 147 Å². The van der Waals surface area contributed by atoms with Crippen LogP contribution in [-0.4, -0.2) is 50.2 Å². The van der Waals surface area contributed by atoms with E-state index in [-0.39, 0.29) is 6.61 Å². The molecule has 0 unspecified atom stereocenters. The van der Waals surface area contributed by atoms with Crippen molar-refractivity contribution in [1.82, 2.24) is 14.7 Å². The van der Waals surface area contributed by atoms with Crippen LogP contribution in [0.25, 0.3) is 0 Å². The Morgan fingerprint density at radius 2 is 2.04 bits per heavy atom. The zero-order valence-corrected chi connectivity index (χ0v) is 14.6. The van der Waals surface area contributed by atoms with Crippen LogP contribution in [0.3, 0.4) is 0 Å². The van der Waals surface area contributed by atoms with Crippen LogP contribution in [0.2, 0.25) is 0 Å². The molecule has 2 aromatic rings. The Bertz CT molecular complexity index is 657. The molecule has 0 aliphatic rings. The Kier molecular flexibility index (Phi) is 8.07. The number of hydrogen-bond acceptors (Lipinski definition) is 5. The Morgan fingerprint density at radius 3 is 2.44 bits per heavy atom. The molecule has 140 valence electrons. The van der Waals surface area contributed by atoms with Crippen LogP contribution in [0.1, 0.15) is 16.3 Å². The zero-order chi connectivity index (χ0) is 19.0. The fourth-order valence-corrected chi connectivity index (χ4v) is 2.77. The summed E-state index contributed by atoms with van der Waals surface area (Å²) < 4.78 is 33.6. The number of carbonyl (C=O) groups is 1. The van der Waals surface area contributed by atoms with E-state index in [1.165, 1.54) is 10.6 Å². The normalized spacial score (nSPS) is 11.3. The van der Waals surface area contributed by atoms with Crippen molar-refractivity contribution >= 4 is 17.3 Å². The number of carboxylic acid groups (broad SMARTS) is 1. The number of hydrogen-bond donors (Lipinski definition) is 2. The molecule has 0 atom stereocenters. The summed E-state index contributed by atoms with van der Waals surface area (Å²) in [5, 5.41) is 22.7. The van der Waals surface area contributed by atoms with Gasteiger partial charge in [0.2, 0.25) is 0 Å². The van der Waals surface area contributed by atoms with E-state index in [2.05, 4.69) is 33.6 Å². The van der Waals surface area contributed by atoms with Crippen LogP contribution in [0.4, 0.5) is 13.2 Å². The average Bonchev–Trinajstić information content (AvgIpc) is 3.09. The van der Waals surface area contributed by atoms with E-state index in [4.69, 9.17) is 15.0 Å². The smallest absolute Gasteiger partial charge is 0.475 e. The standard InChI is InChI=1S/C13H19N3OS.C2HF3O2/c1-11-8-12(15(2)14-11)9-16(5-6-17)10-13-4-3-7-18-13;3-2(4,5)1(6)7/h3-4,7-8,17H,5-6,9-10H2,1-2H3;(H,6,7). The highest BCUT2D eigenvalue weighted by Crippen LogP contribution is 2.14. The zero-order valence-electron chi connectivity index (χ0n) is 13.8. The third-order valence-corrected chi connectivity index (χ3v) is 3.96. The molecule has 25 heavy (non-hydrogen) atoms. The maximum atomic E-state index is 10.6. The number of alkyl halides is 3. The van der Waals surface area contributed by atoms with E-state index in [0.29, 0.717) is 6.54 Å². The lowest BCUT2D eigenvalue weighted by molar-refractivity contribution is -0.192. The predicted octanol–water partition coefficient (Wildman–Crippen LogP) is 2.42. The molecule has 2 aromatic heterocycles. The minimum absolute atomic E-state index is 0.183. The Balaban J connectivity index is 0.000000381. The van der Waals surface area contributed by atoms with E-state index in [0.717, 1.165) is 18.8 Å². The van der Waals surface area contributed by atoms with Crippen LogP contribution in [-0.2, 0) is 24.9 Å². The van der Waals surface area contributed by atoms with Crippen molar-refractivity contribution in [2.45, 2.75) is 26.2 Å². The van der Waals surface area contributed by atoms with E-state index in [1.54, 1.807) is 11.3 Å². The van der Waals surface area contributed by atoms with Gasteiger partial charge in [-0.3, -0.25) is 9.58 Å². The highest BCUT2D eigenvalue weighted by atomic mass is 32.1. The van der Waals surface area contributed by atoms with Gasteiger partial charge in [-0.05, 0) is 24.4 Å². The highest BCUT2D eigenvalue weighted by Gasteiger charge is 2.38. The third-order valence-electron chi connectivity index (χ3n) is 3.10. The third kappa shape index (κ3) is 7.67. The molecule has 0 bridgehead atoms. The van der Waals surface area contributed by atoms with Crippen LogP contribution in [0, 0.1) is 6.92 Å². The van der Waals surface area contributed by atoms with Crippen molar-refractivity contribution in [2.75, 3.05) is 13.2 Å². The molecule has 2 N–H and O–H groups in total. The first-order valence-electron chi connectivity index (χ1n) is 7.28. The second-order valence-electron chi connectivity index (χ2n) is 5.22. The van der Waals surface area contributed by atoms with Crippen molar-refractivity contribution in [3.05, 3.63) is 39.8 Å². The van der Waals surface area contributed by atoms with Crippen molar-refractivity contribution in [2.24, 2.45) is 7.05 Å². The summed E-state index contributed by atoms with van der Waals surface area (Å²) in [4.78, 5) is 12.5. The van der Waals surface area contributed by atoms with Gasteiger partial charge < -0.3 is 10.2 Å². The van der Waals surface area contributed by atoms with Gasteiger partial charge in [-0.2, -0.15) is 18.3 Å². The number of carboxylic acids is 1. The Hall–Kier alpha value is -1.91. The number of nitrogens with zero attached hydrogens (tertiary/aromatic N) is 3. The van der Waals surface area contributed by atoms with Gasteiger partial charge in [-0.15, -0.1) is 11.3 Å². The van der Waals surface area contributed by atoms with Crippen LogP contribution < -0.4 is 0 Å². The molecule has 0 fully saturated rings. The lowest BCUT2D eigenvalue weighted by Crippen LogP contribution is -2.26. The number of thiophene rings is 1. The summed E-state index contributed by atoms with van der Waals surface area (Å²) in [6.45, 7) is 4.56. The molecule has 0 aliphatic heterocycles. The van der Waals surface area contributed by atoms with Gasteiger partial charge >= 0.3 is 12.1 Å². The summed E-state index contributed by atoms with van der Waals surface area (Å²) >= 11 is 1.75. The molecule has 0 aliphatic carbocycles. The first-order chi connectivity index (χ1) is 11.6. The van der Waals surface area contributed by atoms with E-state index in [9.17, 15) is 13.2 Å². The summed E-state index contributed by atoms with van der Waals surface area (Å²) in [5.74, 6) is -2.76. The van der Waals surface area contributed by atoms with Gasteiger partial charge in [0.05, 0.1) is 18.0 Å². The number of halogens is 3. The summed E-state index contributed by atoms with van der Waals surface area (Å²) in [6.07, 6.45) is -5.08. The largest absolute Gasteiger partial charge is 0.490 e. The maximum absolute atomic E-state index is 10.6. The predicted molar refractivity (Wildman–Crippen MR) is 87.2 cm³/mol. The SMILES string of the molecule is Cc1cc(CN(CCO)Cc2cccs2)n(C)n1.O=C(O)C(F)(F)F. The maximum Gasteiger partial charge on any atom is 0.490 e. The topological polar surface area (TPSA) is 78.6 Å². The lowest BCUT2D eigenvalue weighted by Gasteiger charge is -2.20. The molecular weight excluding hydrogens is 359 g/mol. The monoisotopic (exact) mass is 379 g/mol. The van der Waals surface area contributed by atoms with Crippen LogP contribution >= 0.6 is 11.3 Å². The number of aliphatic carboxylic acids is 1. The molecule has 0 spiro atoms. The molecular formula is C15H20F3N3O3S. The second kappa shape index (κ2) is 9.54. The second-order valence-corrected chi connectivity index (χ2v) is 6.25. The first kappa shape index (κ1) is 21.1. The van der Waals surface area contributed by atoms with Gasteiger partial charge in [0.1, 0.15) is 0 Å². The minimum Gasteiger partial charge on any atom is -0.475 e. The summed E-state index contributed by atoms with van der Waals surface area (Å²) in [5.41, 5.74) is 2.21. The number of rotatable bonds is 6. The molecule has 0 amide bonds. The summed E-state index contributed by atoms with van der Waals surface area (Å²) in [7, 11) is 1.96. The average molecular weight is 379 g/mol. The van der Waals surface area contributed by atoms with Crippen molar-refractivity contribution in [3.8, 4) is 0 Å². The van der Waals surface area contributed by atoms with Gasteiger partial charge in [0.25, 0.3) is 0 Å². The lowest BCUT2D eigenvalue weighted by atomic mass is 10.3. The van der Waals surface area contributed by atoms with E-state index < -0.39 is 12.1 Å². The molecule has 0 saturated carbocycles. The number of aryl methyl sites for hydroxylation is 2. The minimum atomic E-state index is -5.08. The number of aliphatic hydroxyl groups excluding tert-OH is 1. The van der Waals surface area contributed by atoms with Gasteiger partial charge in [0.15, 0.2) is 0 Å². The van der Waals surface area contributed by atoms with Gasteiger partial charge in [-0.1, -0.05) is 6.07 Å². The summed E-state index contributed by atoms with van der Waals surface area (Å²) in [6, 6.07) is 6.29. The molecule has 6 nitrogen and oxygen atoms in total. The van der Waals surface area contributed by atoms with Crippen molar-refractivity contribution in [3.63, 3.8) is 0 Å². The van der Waals surface area contributed by atoms with E-state index in [1.807, 2.05) is 18.7 Å². The van der Waals surface area contributed by atoms with Gasteiger partial charge in [-0.25, -0.2) is 4.79 Å². The molecule has 0 saturated heterocycles. The number of aliphatic hydroxyl groups is 1. The first-order valence-corrected chi connectivity index (χ1v) is 8.16. The molecule has 0 radical (unpaired) electrons. The van der Waals surface area contributed by atoms with Crippen molar-refractivity contribution in [1.29, 1.82) is 0 Å². The molecule has 2 heterocycles. The Morgan fingerprint density at radius 1 is 1.40 bits per heavy atom. The molecule has 10 heteroatoms. The molecule has 2 rings (SSSR count). The fraction of sp³-hybridized carbons (Fsp3) is 0.467. The molecule has 0 aromatic carbocycles. The fourth-order valence-electron chi connectivity index (χ4n) is 2.02. The van der Waals surface area contributed by atoms with Crippen molar-refractivity contribution < 1.29 is 28.2 Å². The van der Waals surface area contributed by atoms with Crippen LogP contribution in [0.5, 0.6) is 0 Å². The number of aromatic nitrogens is 2.